The van der Waals surface area contributed by atoms with Crippen molar-refractivity contribution in [3.63, 3.8) is 0 Å². The summed E-state index contributed by atoms with van der Waals surface area (Å²) in [6.07, 6.45) is 4.74. The highest BCUT2D eigenvalue weighted by atomic mass is 35.5. The number of halogens is 1. The SMILES string of the molecule is CCn1c(S[C@@H](C)C(=O)N[C@H]2CCCC[C@@H]2C)nnc1-c1ccc(Cl)cc1. The van der Waals surface area contributed by atoms with Crippen LogP contribution < -0.4 is 5.32 Å². The number of hydrogen-bond donors (Lipinski definition) is 1. The molecule has 27 heavy (non-hydrogen) atoms. The van der Waals surface area contributed by atoms with Crippen molar-refractivity contribution in [3.05, 3.63) is 29.3 Å². The first-order valence-corrected chi connectivity index (χ1v) is 10.9. The first-order chi connectivity index (χ1) is 13.0. The third-order valence-electron chi connectivity index (χ3n) is 5.23. The Hall–Kier alpha value is -1.53. The molecule has 1 aromatic heterocycles. The van der Waals surface area contributed by atoms with Gasteiger partial charge < -0.3 is 9.88 Å². The lowest BCUT2D eigenvalue weighted by atomic mass is 9.86. The van der Waals surface area contributed by atoms with E-state index >= 15 is 0 Å². The topological polar surface area (TPSA) is 59.8 Å². The quantitative estimate of drug-likeness (QED) is 0.700. The molecule has 0 spiro atoms. The minimum Gasteiger partial charge on any atom is -0.352 e. The van der Waals surface area contributed by atoms with Gasteiger partial charge in [0, 0.05) is 23.2 Å². The van der Waals surface area contributed by atoms with Crippen LogP contribution >= 0.6 is 23.4 Å². The fourth-order valence-electron chi connectivity index (χ4n) is 3.52. The van der Waals surface area contributed by atoms with Crippen molar-refractivity contribution >= 4 is 29.3 Å². The molecule has 146 valence electrons. The summed E-state index contributed by atoms with van der Waals surface area (Å²) in [5.41, 5.74) is 0.966. The summed E-state index contributed by atoms with van der Waals surface area (Å²) in [6, 6.07) is 7.86. The number of carbonyl (C=O) groups is 1. The van der Waals surface area contributed by atoms with Crippen molar-refractivity contribution in [2.45, 2.75) is 69.4 Å². The zero-order valence-electron chi connectivity index (χ0n) is 16.1. The van der Waals surface area contributed by atoms with E-state index in [0.29, 0.717) is 17.0 Å². The second kappa shape index (κ2) is 9.11. The largest absolute Gasteiger partial charge is 0.352 e. The van der Waals surface area contributed by atoms with Crippen LogP contribution in [-0.2, 0) is 11.3 Å². The molecule has 1 heterocycles. The monoisotopic (exact) mass is 406 g/mol. The van der Waals surface area contributed by atoms with Crippen molar-refractivity contribution in [3.8, 4) is 11.4 Å². The molecular weight excluding hydrogens is 380 g/mol. The highest BCUT2D eigenvalue weighted by Crippen LogP contribution is 2.28. The lowest BCUT2D eigenvalue weighted by Crippen LogP contribution is -2.44. The molecule has 1 fully saturated rings. The molecule has 0 unspecified atom stereocenters. The van der Waals surface area contributed by atoms with Crippen LogP contribution in [0.4, 0.5) is 0 Å². The van der Waals surface area contributed by atoms with Crippen LogP contribution in [0.1, 0.15) is 46.5 Å². The maximum atomic E-state index is 12.7. The van der Waals surface area contributed by atoms with Crippen molar-refractivity contribution in [1.29, 1.82) is 0 Å². The van der Waals surface area contributed by atoms with Crippen LogP contribution in [0.3, 0.4) is 0 Å². The third kappa shape index (κ3) is 4.85. The number of carbonyl (C=O) groups excluding carboxylic acids is 1. The van der Waals surface area contributed by atoms with Gasteiger partial charge in [-0.15, -0.1) is 10.2 Å². The Bertz CT molecular complexity index is 777. The van der Waals surface area contributed by atoms with E-state index in [9.17, 15) is 4.79 Å². The minimum absolute atomic E-state index is 0.0810. The average Bonchev–Trinajstić information content (AvgIpc) is 3.06. The van der Waals surface area contributed by atoms with E-state index in [1.807, 2.05) is 35.8 Å². The molecule has 0 radical (unpaired) electrons. The van der Waals surface area contributed by atoms with Gasteiger partial charge in [-0.3, -0.25) is 4.79 Å². The molecule has 5 nitrogen and oxygen atoms in total. The Balaban J connectivity index is 1.69. The molecule has 3 rings (SSSR count). The summed E-state index contributed by atoms with van der Waals surface area (Å²) in [6.45, 7) is 6.96. The van der Waals surface area contributed by atoms with Crippen molar-refractivity contribution in [2.75, 3.05) is 0 Å². The van der Waals surface area contributed by atoms with Gasteiger partial charge in [-0.2, -0.15) is 0 Å². The zero-order chi connectivity index (χ0) is 19.4. The molecule has 1 aromatic carbocycles. The van der Waals surface area contributed by atoms with Crippen LogP contribution in [0.15, 0.2) is 29.4 Å². The second-order valence-corrected chi connectivity index (χ2v) is 8.94. The molecule has 0 bridgehead atoms. The van der Waals surface area contributed by atoms with E-state index in [4.69, 9.17) is 11.6 Å². The standard InChI is InChI=1S/C20H27ClN4OS/c1-4-25-18(15-9-11-16(21)12-10-15)23-24-20(25)27-14(3)19(26)22-17-8-6-5-7-13(17)2/h9-14,17H,4-8H2,1-3H3,(H,22,26)/t13-,14-,17-/m0/s1. The van der Waals surface area contributed by atoms with Gasteiger partial charge in [0.05, 0.1) is 5.25 Å². The van der Waals surface area contributed by atoms with Crippen LogP contribution in [0.2, 0.25) is 5.02 Å². The lowest BCUT2D eigenvalue weighted by molar-refractivity contribution is -0.121. The van der Waals surface area contributed by atoms with Crippen molar-refractivity contribution in [1.82, 2.24) is 20.1 Å². The summed E-state index contributed by atoms with van der Waals surface area (Å²) >= 11 is 7.44. The fourth-order valence-corrected chi connectivity index (χ4v) is 4.56. The molecule has 0 aliphatic heterocycles. The average molecular weight is 407 g/mol. The van der Waals surface area contributed by atoms with E-state index in [2.05, 4.69) is 29.4 Å². The number of rotatable bonds is 6. The van der Waals surface area contributed by atoms with Crippen LogP contribution in [0.5, 0.6) is 0 Å². The first-order valence-electron chi connectivity index (χ1n) is 9.65. The predicted molar refractivity (Wildman–Crippen MR) is 111 cm³/mol. The smallest absolute Gasteiger partial charge is 0.233 e. The normalized spacial score (nSPS) is 21.0. The number of hydrogen-bond acceptors (Lipinski definition) is 4. The Morgan fingerprint density at radius 3 is 2.67 bits per heavy atom. The maximum absolute atomic E-state index is 12.7. The Kier molecular flexibility index (Phi) is 6.82. The molecule has 1 aliphatic carbocycles. The highest BCUT2D eigenvalue weighted by molar-refractivity contribution is 8.00. The van der Waals surface area contributed by atoms with Gasteiger partial charge in [-0.25, -0.2) is 0 Å². The number of thioether (sulfide) groups is 1. The van der Waals surface area contributed by atoms with E-state index in [0.717, 1.165) is 29.5 Å². The lowest BCUT2D eigenvalue weighted by Gasteiger charge is -2.30. The van der Waals surface area contributed by atoms with Gasteiger partial charge in [0.25, 0.3) is 0 Å². The van der Waals surface area contributed by atoms with E-state index in [1.165, 1.54) is 31.0 Å². The van der Waals surface area contributed by atoms with E-state index in [1.54, 1.807) is 0 Å². The number of amides is 1. The number of nitrogens with zero attached hydrogens (tertiary/aromatic N) is 3. The molecule has 1 saturated carbocycles. The summed E-state index contributed by atoms with van der Waals surface area (Å²) in [5.74, 6) is 1.43. The van der Waals surface area contributed by atoms with Crippen molar-refractivity contribution < 1.29 is 4.79 Å². The Morgan fingerprint density at radius 1 is 1.30 bits per heavy atom. The minimum atomic E-state index is -0.216. The van der Waals surface area contributed by atoms with E-state index in [-0.39, 0.29) is 11.2 Å². The Labute approximate surface area is 170 Å². The fraction of sp³-hybridized carbons (Fsp3) is 0.550. The molecule has 2 aromatic rings. The molecule has 0 saturated heterocycles. The molecule has 3 atom stereocenters. The van der Waals surface area contributed by atoms with Gasteiger partial charge in [0.1, 0.15) is 0 Å². The summed E-state index contributed by atoms with van der Waals surface area (Å²) in [5, 5.41) is 13.2. The summed E-state index contributed by atoms with van der Waals surface area (Å²) < 4.78 is 2.04. The molecular formula is C20H27ClN4OS. The summed E-state index contributed by atoms with van der Waals surface area (Å²) in [4.78, 5) is 12.7. The molecule has 1 amide bonds. The van der Waals surface area contributed by atoms with Gasteiger partial charge in [0.2, 0.25) is 5.91 Å². The number of benzene rings is 1. The third-order valence-corrected chi connectivity index (χ3v) is 6.56. The first kappa shape index (κ1) is 20.2. The highest BCUT2D eigenvalue weighted by Gasteiger charge is 2.26. The van der Waals surface area contributed by atoms with E-state index < -0.39 is 0 Å². The summed E-state index contributed by atoms with van der Waals surface area (Å²) in [7, 11) is 0. The number of aromatic nitrogens is 3. The van der Waals surface area contributed by atoms with Gasteiger partial charge in [0.15, 0.2) is 11.0 Å². The zero-order valence-corrected chi connectivity index (χ0v) is 17.7. The predicted octanol–water partition coefficient (Wildman–Crippen LogP) is 4.79. The second-order valence-electron chi connectivity index (χ2n) is 7.19. The van der Waals surface area contributed by atoms with Gasteiger partial charge in [-0.1, -0.05) is 43.1 Å². The molecule has 7 heteroatoms. The van der Waals surface area contributed by atoms with Crippen LogP contribution in [-0.4, -0.2) is 32.0 Å². The number of nitrogens with one attached hydrogen (secondary N) is 1. The van der Waals surface area contributed by atoms with Crippen LogP contribution in [0, 0.1) is 5.92 Å². The van der Waals surface area contributed by atoms with Gasteiger partial charge in [-0.05, 0) is 56.9 Å². The van der Waals surface area contributed by atoms with Gasteiger partial charge >= 0.3 is 0 Å². The Morgan fingerprint density at radius 2 is 2.00 bits per heavy atom. The maximum Gasteiger partial charge on any atom is 0.233 e. The molecule has 1 aliphatic rings. The van der Waals surface area contributed by atoms with Crippen molar-refractivity contribution in [2.24, 2.45) is 5.92 Å². The van der Waals surface area contributed by atoms with Crippen LogP contribution in [0.25, 0.3) is 11.4 Å². The molecule has 1 N–H and O–H groups in total.